The largest absolute Gasteiger partial charge is 0.497 e. The Labute approximate surface area is 292 Å². The van der Waals surface area contributed by atoms with Crippen molar-refractivity contribution in [2.24, 2.45) is 11.8 Å². The number of anilines is 2. The number of nitrogens with zero attached hydrogens (tertiary/aromatic N) is 4. The highest BCUT2D eigenvalue weighted by molar-refractivity contribution is 5.93. The zero-order valence-corrected chi connectivity index (χ0v) is 29.8. The van der Waals surface area contributed by atoms with Crippen LogP contribution in [0.4, 0.5) is 16.2 Å². The quantitative estimate of drug-likeness (QED) is 0.214. The van der Waals surface area contributed by atoms with Gasteiger partial charge in [-0.2, -0.15) is 0 Å². The first-order valence-corrected chi connectivity index (χ1v) is 17.7. The van der Waals surface area contributed by atoms with Gasteiger partial charge in [-0.05, 0) is 86.0 Å². The molecule has 0 radical (unpaired) electrons. The maximum absolute atomic E-state index is 12.5. The van der Waals surface area contributed by atoms with E-state index in [0.29, 0.717) is 31.8 Å². The van der Waals surface area contributed by atoms with Crippen LogP contribution in [0, 0.1) is 11.8 Å². The number of rotatable bonds is 11. The lowest BCUT2D eigenvalue weighted by Crippen LogP contribution is -2.45. The Bertz CT molecular complexity index is 1440. The van der Waals surface area contributed by atoms with E-state index in [1.807, 2.05) is 96.4 Å². The average Bonchev–Trinajstić information content (AvgIpc) is 3.16. The summed E-state index contributed by atoms with van der Waals surface area (Å²) in [7, 11) is 3.10. The van der Waals surface area contributed by atoms with Gasteiger partial charge in [0.1, 0.15) is 5.75 Å². The standard InChI is InChI=1S/C23H30N2O2.C17H24N2O3/c1-3-23(26)25(21-9-5-4-6-10-21)18-20-8-7-15-24(17-20)16-19-11-13-22(27-2)14-12-19;1-3-16(20)19(15-9-5-4-6-10-15)13-14-8-7-11-18(12-14)17(21)22-2/h4-6,9-14,20H,3,7-8,15-18H2,1-2H3;4-6,9-10,14H,3,7-8,11-13H2,1-2H3. The summed E-state index contributed by atoms with van der Waals surface area (Å²) in [6.07, 6.45) is 5.07. The third kappa shape index (κ3) is 11.3. The van der Waals surface area contributed by atoms with Crippen molar-refractivity contribution < 1.29 is 23.9 Å². The van der Waals surface area contributed by atoms with Gasteiger partial charge in [0.05, 0.1) is 14.2 Å². The first-order chi connectivity index (χ1) is 23.8. The van der Waals surface area contributed by atoms with E-state index in [9.17, 15) is 14.4 Å². The van der Waals surface area contributed by atoms with Crippen molar-refractivity contribution >= 4 is 29.3 Å². The van der Waals surface area contributed by atoms with Crippen LogP contribution in [-0.4, -0.2) is 81.2 Å². The predicted molar refractivity (Wildman–Crippen MR) is 196 cm³/mol. The lowest BCUT2D eigenvalue weighted by Gasteiger charge is -2.35. The maximum Gasteiger partial charge on any atom is 0.409 e. The molecule has 2 heterocycles. The summed E-state index contributed by atoms with van der Waals surface area (Å²) in [4.78, 5) is 44.5. The highest BCUT2D eigenvalue weighted by atomic mass is 16.5. The van der Waals surface area contributed by atoms with Crippen molar-refractivity contribution in [3.05, 3.63) is 90.5 Å². The van der Waals surface area contributed by atoms with Crippen LogP contribution in [-0.2, 0) is 20.9 Å². The van der Waals surface area contributed by atoms with E-state index in [-0.39, 0.29) is 23.8 Å². The molecule has 2 fully saturated rings. The first kappa shape index (κ1) is 37.4. The van der Waals surface area contributed by atoms with E-state index in [0.717, 1.165) is 62.7 Å². The number of likely N-dealkylation sites (tertiary alicyclic amines) is 2. The van der Waals surface area contributed by atoms with Gasteiger partial charge in [0.2, 0.25) is 11.8 Å². The molecule has 3 aromatic rings. The molecule has 3 amide bonds. The number of hydrogen-bond acceptors (Lipinski definition) is 6. The molecule has 0 N–H and O–H groups in total. The Balaban J connectivity index is 0.000000226. The summed E-state index contributed by atoms with van der Waals surface area (Å²) in [5.74, 6) is 2.00. The van der Waals surface area contributed by atoms with E-state index < -0.39 is 0 Å². The minimum absolute atomic E-state index is 0.112. The predicted octanol–water partition coefficient (Wildman–Crippen LogP) is 7.26. The number of ether oxygens (including phenoxy) is 2. The third-order valence-electron chi connectivity index (χ3n) is 9.34. The van der Waals surface area contributed by atoms with Crippen LogP contribution in [0.1, 0.15) is 57.9 Å². The number of carbonyl (C=O) groups excluding carboxylic acids is 3. The van der Waals surface area contributed by atoms with Gasteiger partial charge < -0.3 is 24.2 Å². The molecule has 2 unspecified atom stereocenters. The normalized spacial score (nSPS) is 17.7. The number of para-hydroxylation sites is 2. The molecule has 264 valence electrons. The second-order valence-electron chi connectivity index (χ2n) is 12.9. The van der Waals surface area contributed by atoms with Gasteiger partial charge in [-0.25, -0.2) is 4.79 Å². The third-order valence-corrected chi connectivity index (χ3v) is 9.34. The summed E-state index contributed by atoms with van der Waals surface area (Å²) >= 11 is 0. The summed E-state index contributed by atoms with van der Waals surface area (Å²) < 4.78 is 10.0. The molecule has 0 aromatic heterocycles. The Kier molecular flexibility index (Phi) is 15.0. The second kappa shape index (κ2) is 19.6. The van der Waals surface area contributed by atoms with Crippen LogP contribution in [0.25, 0.3) is 0 Å². The Morgan fingerprint density at radius 3 is 1.69 bits per heavy atom. The van der Waals surface area contributed by atoms with Gasteiger partial charge in [0.15, 0.2) is 0 Å². The van der Waals surface area contributed by atoms with Crippen molar-refractivity contribution in [2.75, 3.05) is 63.3 Å². The SMILES string of the molecule is CCC(=O)N(CC1CCCN(C(=O)OC)C1)c1ccccc1.CCC(=O)N(CC1CCCN(Cc2ccc(OC)cc2)C1)c1ccccc1. The Morgan fingerprint density at radius 1 is 0.694 bits per heavy atom. The van der Waals surface area contributed by atoms with Crippen LogP contribution >= 0.6 is 0 Å². The number of carbonyl (C=O) groups is 3. The van der Waals surface area contributed by atoms with Crippen LogP contribution < -0.4 is 14.5 Å². The topological polar surface area (TPSA) is 82.6 Å². The number of hydrogen-bond donors (Lipinski definition) is 0. The zero-order chi connectivity index (χ0) is 35.0. The number of methoxy groups -OCH3 is 2. The fraction of sp³-hybridized carbons (Fsp3) is 0.475. The van der Waals surface area contributed by atoms with Crippen molar-refractivity contribution in [3.63, 3.8) is 0 Å². The van der Waals surface area contributed by atoms with Gasteiger partial charge in [-0.3, -0.25) is 14.5 Å². The molecule has 2 aliphatic heterocycles. The van der Waals surface area contributed by atoms with Gasteiger partial charge in [-0.15, -0.1) is 0 Å². The molecule has 2 saturated heterocycles. The molecule has 0 spiro atoms. The first-order valence-electron chi connectivity index (χ1n) is 17.7. The molecule has 9 heteroatoms. The van der Waals surface area contributed by atoms with Gasteiger partial charge in [0, 0.05) is 63.5 Å². The van der Waals surface area contributed by atoms with Gasteiger partial charge >= 0.3 is 6.09 Å². The summed E-state index contributed by atoms with van der Waals surface area (Å²) in [6, 6.07) is 28.1. The smallest absolute Gasteiger partial charge is 0.409 e. The molecular formula is C40H54N4O5. The molecular weight excluding hydrogens is 616 g/mol. The molecule has 0 aliphatic carbocycles. The molecule has 0 bridgehead atoms. The Morgan fingerprint density at radius 2 is 1.20 bits per heavy atom. The summed E-state index contributed by atoms with van der Waals surface area (Å²) in [5, 5.41) is 0. The van der Waals surface area contributed by atoms with Crippen LogP contribution in [0.3, 0.4) is 0 Å². The summed E-state index contributed by atoms with van der Waals surface area (Å²) in [5.41, 5.74) is 3.24. The van der Waals surface area contributed by atoms with Crippen molar-refractivity contribution in [2.45, 2.75) is 58.9 Å². The zero-order valence-electron chi connectivity index (χ0n) is 29.8. The Hall–Kier alpha value is -4.37. The van der Waals surface area contributed by atoms with Gasteiger partial charge in [-0.1, -0.05) is 62.4 Å². The van der Waals surface area contributed by atoms with Gasteiger partial charge in [0.25, 0.3) is 0 Å². The number of amides is 3. The van der Waals surface area contributed by atoms with E-state index in [4.69, 9.17) is 9.47 Å². The van der Waals surface area contributed by atoms with Crippen LogP contribution in [0.2, 0.25) is 0 Å². The highest BCUT2D eigenvalue weighted by Gasteiger charge is 2.28. The van der Waals surface area contributed by atoms with E-state index in [1.165, 1.54) is 25.5 Å². The second-order valence-corrected chi connectivity index (χ2v) is 12.9. The van der Waals surface area contributed by atoms with E-state index in [2.05, 4.69) is 17.0 Å². The highest BCUT2D eigenvalue weighted by Crippen LogP contribution is 2.25. The fourth-order valence-electron chi connectivity index (χ4n) is 6.76. The van der Waals surface area contributed by atoms with Crippen molar-refractivity contribution in [1.82, 2.24) is 9.80 Å². The monoisotopic (exact) mass is 670 g/mol. The van der Waals surface area contributed by atoms with Crippen LogP contribution in [0.15, 0.2) is 84.9 Å². The minimum atomic E-state index is -0.280. The molecule has 2 atom stereocenters. The molecule has 9 nitrogen and oxygen atoms in total. The van der Waals surface area contributed by atoms with E-state index in [1.54, 1.807) is 12.0 Å². The molecule has 0 saturated carbocycles. The fourth-order valence-corrected chi connectivity index (χ4v) is 6.76. The van der Waals surface area contributed by atoms with Crippen LogP contribution in [0.5, 0.6) is 5.75 Å². The molecule has 49 heavy (non-hydrogen) atoms. The van der Waals surface area contributed by atoms with Crippen molar-refractivity contribution in [1.29, 1.82) is 0 Å². The number of piperidine rings is 2. The van der Waals surface area contributed by atoms with Crippen molar-refractivity contribution in [3.8, 4) is 5.75 Å². The number of benzene rings is 3. The molecule has 3 aromatic carbocycles. The lowest BCUT2D eigenvalue weighted by molar-refractivity contribution is -0.119. The lowest BCUT2D eigenvalue weighted by atomic mass is 9.96. The molecule has 2 aliphatic rings. The summed E-state index contributed by atoms with van der Waals surface area (Å²) in [6.45, 7) is 9.74. The van der Waals surface area contributed by atoms with E-state index >= 15 is 0 Å². The maximum atomic E-state index is 12.5. The molecule has 5 rings (SSSR count). The minimum Gasteiger partial charge on any atom is -0.497 e. The average molecular weight is 671 g/mol.